The van der Waals surface area contributed by atoms with Gasteiger partial charge in [-0.2, -0.15) is 0 Å². The van der Waals surface area contributed by atoms with E-state index >= 15 is 0 Å². The lowest BCUT2D eigenvalue weighted by Crippen LogP contribution is -2.11. The van der Waals surface area contributed by atoms with Crippen LogP contribution in [-0.4, -0.2) is 25.9 Å². The van der Waals surface area contributed by atoms with Gasteiger partial charge in [0.15, 0.2) is 11.5 Å². The number of hydrogen-bond donors (Lipinski definition) is 2. The van der Waals surface area contributed by atoms with E-state index in [0.29, 0.717) is 23.6 Å². The van der Waals surface area contributed by atoms with Crippen LogP contribution >= 0.6 is 11.6 Å². The highest BCUT2D eigenvalue weighted by atomic mass is 35.5. The minimum Gasteiger partial charge on any atom is -0.506 e. The van der Waals surface area contributed by atoms with Crippen molar-refractivity contribution in [2.75, 3.05) is 20.8 Å². The van der Waals surface area contributed by atoms with E-state index < -0.39 is 0 Å². The smallest absolute Gasteiger partial charge is 0.168 e. The van der Waals surface area contributed by atoms with E-state index in [1.54, 1.807) is 0 Å². The molecule has 1 rings (SSSR count). The number of aromatic hydroxyl groups is 1. The molecule has 0 saturated heterocycles. The molecule has 90 valence electrons. The Morgan fingerprint density at radius 1 is 1.44 bits per heavy atom. The molecule has 0 aliphatic carbocycles. The molecule has 0 radical (unpaired) electrons. The Kier molecular flexibility index (Phi) is 4.26. The van der Waals surface area contributed by atoms with Crippen LogP contribution in [0, 0.1) is 0 Å². The monoisotopic (exact) mass is 245 g/mol. The second-order valence-electron chi connectivity index (χ2n) is 3.49. The van der Waals surface area contributed by atoms with Gasteiger partial charge in [0.05, 0.1) is 19.2 Å². The molecular weight excluding hydrogens is 230 g/mol. The molecule has 0 saturated carbocycles. The molecule has 1 aromatic carbocycles. The molecule has 4 nitrogen and oxygen atoms in total. The lowest BCUT2D eigenvalue weighted by atomic mass is 9.98. The largest absolute Gasteiger partial charge is 0.506 e. The topological polar surface area (TPSA) is 64.7 Å². The number of benzene rings is 1. The summed E-state index contributed by atoms with van der Waals surface area (Å²) in [5, 5.41) is 10.1. The van der Waals surface area contributed by atoms with E-state index in [2.05, 4.69) is 0 Å². The van der Waals surface area contributed by atoms with Gasteiger partial charge in [0, 0.05) is 17.5 Å². The number of rotatable bonds is 4. The average Bonchev–Trinajstić information content (AvgIpc) is 2.30. The summed E-state index contributed by atoms with van der Waals surface area (Å²) in [6.07, 6.45) is 0. The van der Waals surface area contributed by atoms with Crippen LogP contribution in [-0.2, 0) is 0 Å². The van der Waals surface area contributed by atoms with Crippen molar-refractivity contribution in [1.29, 1.82) is 0 Å². The molecule has 0 bridgehead atoms. The summed E-state index contributed by atoms with van der Waals surface area (Å²) in [5.41, 5.74) is 6.17. The quantitative estimate of drug-likeness (QED) is 0.853. The van der Waals surface area contributed by atoms with Gasteiger partial charge in [-0.05, 0) is 6.54 Å². The second-order valence-corrected chi connectivity index (χ2v) is 3.90. The molecule has 0 spiro atoms. The van der Waals surface area contributed by atoms with Gasteiger partial charge in [-0.25, -0.2) is 0 Å². The first kappa shape index (κ1) is 12.9. The lowest BCUT2D eigenvalue weighted by Gasteiger charge is -2.19. The fraction of sp³-hybridized carbons (Fsp3) is 0.455. The summed E-state index contributed by atoms with van der Waals surface area (Å²) >= 11 is 5.90. The van der Waals surface area contributed by atoms with Crippen LogP contribution in [0.3, 0.4) is 0 Å². The van der Waals surface area contributed by atoms with Crippen LogP contribution in [0.25, 0.3) is 0 Å². The van der Waals surface area contributed by atoms with Crippen LogP contribution in [0.5, 0.6) is 17.2 Å². The molecule has 0 amide bonds. The van der Waals surface area contributed by atoms with E-state index in [1.807, 2.05) is 6.92 Å². The number of halogens is 1. The highest BCUT2D eigenvalue weighted by Crippen LogP contribution is 2.45. The van der Waals surface area contributed by atoms with E-state index in [-0.39, 0.29) is 16.7 Å². The Morgan fingerprint density at radius 2 is 2.06 bits per heavy atom. The van der Waals surface area contributed by atoms with Gasteiger partial charge in [-0.15, -0.1) is 0 Å². The maximum atomic E-state index is 9.91. The number of phenols is 1. The van der Waals surface area contributed by atoms with Gasteiger partial charge in [-0.1, -0.05) is 18.5 Å². The minimum absolute atomic E-state index is 0.00253. The third kappa shape index (κ3) is 2.18. The van der Waals surface area contributed by atoms with Crippen molar-refractivity contribution < 1.29 is 14.6 Å². The highest BCUT2D eigenvalue weighted by molar-refractivity contribution is 6.32. The fourth-order valence-corrected chi connectivity index (χ4v) is 1.76. The Hall–Kier alpha value is -1.13. The predicted molar refractivity (Wildman–Crippen MR) is 63.7 cm³/mol. The first-order valence-electron chi connectivity index (χ1n) is 4.90. The average molecular weight is 246 g/mol. The molecular formula is C11H16ClNO3. The molecule has 0 heterocycles. The zero-order valence-electron chi connectivity index (χ0n) is 9.58. The van der Waals surface area contributed by atoms with Crippen LogP contribution < -0.4 is 15.2 Å². The van der Waals surface area contributed by atoms with Crippen LogP contribution in [0.15, 0.2) is 6.07 Å². The third-order valence-electron chi connectivity index (χ3n) is 2.48. The van der Waals surface area contributed by atoms with Crippen molar-refractivity contribution in [1.82, 2.24) is 0 Å². The Bertz CT molecular complexity index is 382. The van der Waals surface area contributed by atoms with Gasteiger partial charge >= 0.3 is 0 Å². The summed E-state index contributed by atoms with van der Waals surface area (Å²) in [4.78, 5) is 0. The summed E-state index contributed by atoms with van der Waals surface area (Å²) in [6.45, 7) is 2.26. The minimum atomic E-state index is -0.0671. The second kappa shape index (κ2) is 5.27. The Morgan fingerprint density at radius 3 is 2.50 bits per heavy atom. The maximum Gasteiger partial charge on any atom is 0.168 e. The number of ether oxygens (including phenoxy) is 2. The molecule has 5 heteroatoms. The SMILES string of the molecule is COc1cc(Cl)c(O)c(C(C)CN)c1OC. The molecule has 0 fully saturated rings. The summed E-state index contributed by atoms with van der Waals surface area (Å²) in [6, 6.07) is 1.52. The molecule has 1 unspecified atom stereocenters. The molecule has 0 aliphatic rings. The molecule has 1 aromatic rings. The van der Waals surface area contributed by atoms with E-state index in [9.17, 15) is 5.11 Å². The van der Waals surface area contributed by atoms with Gasteiger partial charge in [0.1, 0.15) is 5.75 Å². The molecule has 3 N–H and O–H groups in total. The van der Waals surface area contributed by atoms with E-state index in [0.717, 1.165) is 0 Å². The van der Waals surface area contributed by atoms with Crippen molar-refractivity contribution in [2.24, 2.45) is 5.73 Å². The van der Waals surface area contributed by atoms with Crippen molar-refractivity contribution in [3.63, 3.8) is 0 Å². The molecule has 0 aliphatic heterocycles. The van der Waals surface area contributed by atoms with Crippen molar-refractivity contribution in [2.45, 2.75) is 12.8 Å². The third-order valence-corrected chi connectivity index (χ3v) is 2.77. The molecule has 16 heavy (non-hydrogen) atoms. The van der Waals surface area contributed by atoms with Crippen LogP contribution in [0.1, 0.15) is 18.4 Å². The van der Waals surface area contributed by atoms with Gasteiger partial charge in [0.25, 0.3) is 0 Å². The Labute approximate surface area is 99.9 Å². The lowest BCUT2D eigenvalue weighted by molar-refractivity contribution is 0.344. The zero-order chi connectivity index (χ0) is 12.3. The summed E-state index contributed by atoms with van der Waals surface area (Å²) < 4.78 is 10.4. The molecule has 0 aromatic heterocycles. The number of phenolic OH excluding ortho intramolecular Hbond substituents is 1. The predicted octanol–water partition coefficient (Wildman–Crippen LogP) is 2.12. The van der Waals surface area contributed by atoms with Gasteiger partial charge in [0.2, 0.25) is 0 Å². The number of hydrogen-bond acceptors (Lipinski definition) is 4. The van der Waals surface area contributed by atoms with Gasteiger partial charge in [-0.3, -0.25) is 0 Å². The first-order valence-corrected chi connectivity index (χ1v) is 5.28. The van der Waals surface area contributed by atoms with E-state index in [1.165, 1.54) is 20.3 Å². The van der Waals surface area contributed by atoms with Crippen molar-refractivity contribution in [3.8, 4) is 17.2 Å². The number of nitrogens with two attached hydrogens (primary N) is 1. The highest BCUT2D eigenvalue weighted by Gasteiger charge is 2.22. The standard InChI is InChI=1S/C11H16ClNO3/c1-6(5-13)9-10(14)7(12)4-8(15-2)11(9)16-3/h4,6,14H,5,13H2,1-3H3. The maximum absolute atomic E-state index is 9.91. The number of methoxy groups -OCH3 is 2. The van der Waals surface area contributed by atoms with Crippen molar-refractivity contribution in [3.05, 3.63) is 16.7 Å². The van der Waals surface area contributed by atoms with Crippen LogP contribution in [0.2, 0.25) is 5.02 Å². The Balaban J connectivity index is 3.46. The zero-order valence-corrected chi connectivity index (χ0v) is 10.3. The van der Waals surface area contributed by atoms with Gasteiger partial charge < -0.3 is 20.3 Å². The molecule has 1 atom stereocenters. The van der Waals surface area contributed by atoms with Crippen molar-refractivity contribution >= 4 is 11.6 Å². The first-order chi connectivity index (χ1) is 7.56. The van der Waals surface area contributed by atoms with Crippen LogP contribution in [0.4, 0.5) is 0 Å². The fourth-order valence-electron chi connectivity index (χ4n) is 1.56. The summed E-state index contributed by atoms with van der Waals surface area (Å²) in [5.74, 6) is 0.891. The van der Waals surface area contributed by atoms with E-state index in [4.69, 9.17) is 26.8 Å². The normalized spacial score (nSPS) is 12.3. The summed E-state index contributed by atoms with van der Waals surface area (Å²) in [7, 11) is 3.03.